The molecule has 1 saturated heterocycles. The van der Waals surface area contributed by atoms with Crippen LogP contribution in [0.5, 0.6) is 5.75 Å². The minimum Gasteiger partial charge on any atom is -0.467 e. The van der Waals surface area contributed by atoms with E-state index in [1.165, 1.54) is 6.07 Å². The van der Waals surface area contributed by atoms with Crippen LogP contribution in [0.15, 0.2) is 12.1 Å². The molecule has 3 unspecified atom stereocenters. The zero-order valence-corrected chi connectivity index (χ0v) is 13.1. The molecule has 1 N–H and O–H groups in total. The zero-order chi connectivity index (χ0) is 14.7. The molecule has 2 aliphatic heterocycles. The molecule has 2 bridgehead atoms. The minimum absolute atomic E-state index is 0.0367. The van der Waals surface area contributed by atoms with Crippen LogP contribution in [-0.2, 0) is 0 Å². The Morgan fingerprint density at radius 2 is 2.25 bits per heavy atom. The van der Waals surface area contributed by atoms with Crippen molar-refractivity contribution in [1.82, 2.24) is 10.2 Å². The predicted octanol–water partition coefficient (Wildman–Crippen LogP) is 3.47. The van der Waals surface area contributed by atoms with Crippen LogP contribution >= 0.6 is 23.8 Å². The molecule has 0 radical (unpaired) electrons. The molecule has 0 aromatic heterocycles. The van der Waals surface area contributed by atoms with Gasteiger partial charge in [-0.2, -0.15) is 0 Å². The largest absolute Gasteiger partial charge is 0.467 e. The van der Waals surface area contributed by atoms with Crippen LogP contribution < -0.4 is 10.1 Å². The van der Waals surface area contributed by atoms with Crippen LogP contribution in [0, 0.1) is 11.7 Å². The fourth-order valence-corrected chi connectivity index (χ4v) is 3.77. The molecule has 1 aromatic carbocycles. The molecule has 2 aliphatic rings. The number of rotatable bonds is 1. The van der Waals surface area contributed by atoms with Gasteiger partial charge in [-0.15, -0.1) is 0 Å². The van der Waals surface area contributed by atoms with Crippen LogP contribution in [-0.4, -0.2) is 22.3 Å². The Labute approximate surface area is 128 Å². The van der Waals surface area contributed by atoms with Gasteiger partial charge in [0.1, 0.15) is 5.75 Å². The van der Waals surface area contributed by atoms with Crippen LogP contribution in [0.2, 0.25) is 5.02 Å². The summed E-state index contributed by atoms with van der Waals surface area (Å²) in [4.78, 5) is 2.00. The number of fused-ring (bicyclic) bond motifs is 4. The standard InChI is InChI=1S/C14H16ClFN2OS/c1-4-18-13(20)17-12-7(2)14(18,3)19-9-6-5-8(15)11(16)10(9)12/h5-7,12H,4H2,1-3H3,(H,17,20). The summed E-state index contributed by atoms with van der Waals surface area (Å²) in [5, 5.41) is 3.92. The highest BCUT2D eigenvalue weighted by atomic mass is 35.5. The normalized spacial score (nSPS) is 31.4. The van der Waals surface area contributed by atoms with Gasteiger partial charge in [0.2, 0.25) is 0 Å². The molecule has 20 heavy (non-hydrogen) atoms. The molecule has 3 rings (SSSR count). The summed E-state index contributed by atoms with van der Waals surface area (Å²) in [6.07, 6.45) is 0. The van der Waals surface area contributed by atoms with Crippen molar-refractivity contribution in [3.8, 4) is 5.75 Å². The van der Waals surface area contributed by atoms with E-state index < -0.39 is 11.5 Å². The highest BCUT2D eigenvalue weighted by Crippen LogP contribution is 2.49. The Morgan fingerprint density at radius 3 is 2.90 bits per heavy atom. The SMILES string of the molecule is CCN1C(=S)NC2c3c(ccc(Cl)c3F)OC1(C)C2C. The number of hydrogen-bond donors (Lipinski definition) is 1. The second-order valence-electron chi connectivity index (χ2n) is 5.39. The molecular formula is C14H16ClFN2OS. The second-order valence-corrected chi connectivity index (χ2v) is 6.18. The van der Waals surface area contributed by atoms with Gasteiger partial charge in [0.05, 0.1) is 16.6 Å². The van der Waals surface area contributed by atoms with Crippen molar-refractivity contribution in [2.45, 2.75) is 32.5 Å². The average molecular weight is 315 g/mol. The first kappa shape index (κ1) is 13.9. The van der Waals surface area contributed by atoms with Gasteiger partial charge in [-0.05, 0) is 38.2 Å². The number of nitrogens with one attached hydrogen (secondary N) is 1. The summed E-state index contributed by atoms with van der Waals surface area (Å²) in [6.45, 7) is 6.78. The molecule has 6 heteroatoms. The lowest BCUT2D eigenvalue weighted by atomic mass is 9.80. The molecule has 1 aromatic rings. The van der Waals surface area contributed by atoms with Crippen LogP contribution in [0.4, 0.5) is 4.39 Å². The molecule has 108 valence electrons. The number of thiocarbonyl (C=S) groups is 1. The van der Waals surface area contributed by atoms with Crippen molar-refractivity contribution in [3.05, 3.63) is 28.5 Å². The van der Waals surface area contributed by atoms with E-state index in [4.69, 9.17) is 28.6 Å². The van der Waals surface area contributed by atoms with E-state index in [0.29, 0.717) is 16.4 Å². The fourth-order valence-electron chi connectivity index (χ4n) is 3.17. The Morgan fingerprint density at radius 1 is 1.55 bits per heavy atom. The number of hydrogen-bond acceptors (Lipinski definition) is 2. The van der Waals surface area contributed by atoms with Gasteiger partial charge < -0.3 is 15.0 Å². The molecule has 0 aliphatic carbocycles. The number of halogens is 2. The van der Waals surface area contributed by atoms with Gasteiger partial charge in [-0.25, -0.2) is 4.39 Å². The zero-order valence-electron chi connectivity index (χ0n) is 11.5. The van der Waals surface area contributed by atoms with Gasteiger partial charge in [-0.1, -0.05) is 18.5 Å². The first-order valence-corrected chi connectivity index (χ1v) is 7.43. The monoisotopic (exact) mass is 314 g/mol. The summed E-state index contributed by atoms with van der Waals surface area (Å²) in [5.74, 6) is 0.142. The van der Waals surface area contributed by atoms with Gasteiger partial charge in [-0.3, -0.25) is 0 Å². The van der Waals surface area contributed by atoms with E-state index in [9.17, 15) is 4.39 Å². The topological polar surface area (TPSA) is 24.5 Å². The molecule has 0 saturated carbocycles. The van der Waals surface area contributed by atoms with Crippen molar-refractivity contribution in [1.29, 1.82) is 0 Å². The van der Waals surface area contributed by atoms with Crippen molar-refractivity contribution in [3.63, 3.8) is 0 Å². The third-order valence-electron chi connectivity index (χ3n) is 4.44. The fraction of sp³-hybridized carbons (Fsp3) is 0.500. The summed E-state index contributed by atoms with van der Waals surface area (Å²) in [5.41, 5.74) is -0.102. The summed E-state index contributed by atoms with van der Waals surface area (Å²) in [7, 11) is 0. The van der Waals surface area contributed by atoms with E-state index >= 15 is 0 Å². The van der Waals surface area contributed by atoms with Crippen molar-refractivity contribution >= 4 is 28.9 Å². The van der Waals surface area contributed by atoms with Crippen molar-refractivity contribution < 1.29 is 9.13 Å². The smallest absolute Gasteiger partial charge is 0.186 e. The van der Waals surface area contributed by atoms with E-state index in [0.717, 1.165) is 6.54 Å². The Balaban J connectivity index is 2.20. The van der Waals surface area contributed by atoms with E-state index in [1.54, 1.807) is 6.07 Å². The Kier molecular flexibility index (Phi) is 3.10. The maximum Gasteiger partial charge on any atom is 0.186 e. The predicted molar refractivity (Wildman–Crippen MR) is 80.5 cm³/mol. The minimum atomic E-state index is -0.574. The second kappa shape index (κ2) is 4.46. The van der Waals surface area contributed by atoms with Gasteiger partial charge in [0.25, 0.3) is 0 Å². The van der Waals surface area contributed by atoms with E-state index in [-0.39, 0.29) is 17.0 Å². The summed E-state index contributed by atoms with van der Waals surface area (Å²) >= 11 is 11.3. The first-order valence-electron chi connectivity index (χ1n) is 6.65. The molecule has 0 amide bonds. The summed E-state index contributed by atoms with van der Waals surface area (Å²) < 4.78 is 20.5. The highest BCUT2D eigenvalue weighted by molar-refractivity contribution is 7.80. The molecule has 3 nitrogen and oxygen atoms in total. The molecule has 1 fully saturated rings. The van der Waals surface area contributed by atoms with Gasteiger partial charge in [0, 0.05) is 12.5 Å². The third kappa shape index (κ3) is 1.66. The lowest BCUT2D eigenvalue weighted by molar-refractivity contribution is -0.109. The Hall–Kier alpha value is -1.07. The van der Waals surface area contributed by atoms with Gasteiger partial charge in [0.15, 0.2) is 16.7 Å². The van der Waals surface area contributed by atoms with Gasteiger partial charge >= 0.3 is 0 Å². The molecule has 3 atom stereocenters. The van der Waals surface area contributed by atoms with E-state index in [2.05, 4.69) is 5.32 Å². The molecule has 2 heterocycles. The molecule has 0 spiro atoms. The number of ether oxygens (including phenoxy) is 1. The highest BCUT2D eigenvalue weighted by Gasteiger charge is 2.53. The third-order valence-corrected chi connectivity index (χ3v) is 5.07. The average Bonchev–Trinajstić information content (AvgIpc) is 2.38. The maximum atomic E-state index is 14.4. The quantitative estimate of drug-likeness (QED) is 0.802. The maximum absolute atomic E-state index is 14.4. The lowest BCUT2D eigenvalue weighted by Gasteiger charge is -2.56. The van der Waals surface area contributed by atoms with Crippen molar-refractivity contribution in [2.24, 2.45) is 5.92 Å². The van der Waals surface area contributed by atoms with Crippen molar-refractivity contribution in [2.75, 3.05) is 6.54 Å². The first-order chi connectivity index (χ1) is 9.40. The lowest BCUT2D eigenvalue weighted by Crippen LogP contribution is -2.68. The van der Waals surface area contributed by atoms with Crippen LogP contribution in [0.3, 0.4) is 0 Å². The number of benzene rings is 1. The van der Waals surface area contributed by atoms with Crippen LogP contribution in [0.1, 0.15) is 32.4 Å². The summed E-state index contributed by atoms with van der Waals surface area (Å²) in [6, 6.07) is 3.03. The van der Waals surface area contributed by atoms with E-state index in [1.807, 2.05) is 25.7 Å². The number of nitrogens with zero attached hydrogens (tertiary/aromatic N) is 1. The molecular weight excluding hydrogens is 299 g/mol. The van der Waals surface area contributed by atoms with Crippen LogP contribution in [0.25, 0.3) is 0 Å². The Bertz CT molecular complexity index is 597.